The lowest BCUT2D eigenvalue weighted by Crippen LogP contribution is -2.16. The fourth-order valence-corrected chi connectivity index (χ4v) is 1.53. The number of hydrogen-bond acceptors (Lipinski definition) is 5. The molecule has 2 rings (SSSR count). The molecule has 1 amide bonds. The maximum Gasteiger partial charge on any atom is 0.274 e. The third kappa shape index (κ3) is 2.85. The Kier molecular flexibility index (Phi) is 3.70. The van der Waals surface area contributed by atoms with Crippen LogP contribution < -0.4 is 10.1 Å². The molecule has 0 bridgehead atoms. The minimum atomic E-state index is -0.282. The predicted molar refractivity (Wildman–Crippen MR) is 70.2 cm³/mol. The molecule has 0 spiro atoms. The fourth-order valence-electron chi connectivity index (χ4n) is 1.53. The van der Waals surface area contributed by atoms with E-state index in [9.17, 15) is 4.79 Å². The number of aromatic nitrogens is 3. The smallest absolute Gasteiger partial charge is 0.274 e. The number of aryl methyl sites for hydroxylation is 1. The van der Waals surface area contributed by atoms with E-state index in [1.54, 1.807) is 12.1 Å². The second-order valence-corrected chi connectivity index (χ2v) is 3.98. The first-order chi connectivity index (χ1) is 9.11. The predicted octanol–water partition coefficient (Wildman–Crippen LogP) is 1.75. The molecule has 0 radical (unpaired) electrons. The van der Waals surface area contributed by atoms with Gasteiger partial charge in [0.2, 0.25) is 5.88 Å². The highest BCUT2D eigenvalue weighted by atomic mass is 16.5. The highest BCUT2D eigenvalue weighted by molar-refractivity contribution is 6.03. The lowest BCUT2D eigenvalue weighted by atomic mass is 10.2. The van der Waals surface area contributed by atoms with E-state index in [2.05, 4.69) is 20.3 Å². The van der Waals surface area contributed by atoms with Gasteiger partial charge in [0.15, 0.2) is 0 Å². The van der Waals surface area contributed by atoms with Crippen LogP contribution in [0.2, 0.25) is 0 Å². The molecule has 0 saturated carbocycles. The van der Waals surface area contributed by atoms with Gasteiger partial charge < -0.3 is 10.1 Å². The molecule has 0 atom stereocenters. The number of carbonyl (C=O) groups excluding carboxylic acids is 1. The van der Waals surface area contributed by atoms with Gasteiger partial charge in [-0.3, -0.25) is 4.79 Å². The molecular formula is C13H14N4O2. The molecule has 6 nitrogen and oxygen atoms in total. The lowest BCUT2D eigenvalue weighted by molar-refractivity contribution is 0.102. The summed E-state index contributed by atoms with van der Waals surface area (Å²) < 4.78 is 4.95. The van der Waals surface area contributed by atoms with E-state index in [1.165, 1.54) is 19.6 Å². The molecule has 98 valence electrons. The van der Waals surface area contributed by atoms with E-state index in [0.29, 0.717) is 17.3 Å². The highest BCUT2D eigenvalue weighted by Crippen LogP contribution is 2.13. The van der Waals surface area contributed by atoms with Crippen molar-refractivity contribution in [2.75, 3.05) is 12.4 Å². The number of amides is 1. The van der Waals surface area contributed by atoms with Gasteiger partial charge in [0, 0.05) is 17.3 Å². The molecule has 0 aliphatic heterocycles. The SMILES string of the molecule is COc1ccc(NC(=O)c2ncnc(C)c2C)cn1. The van der Waals surface area contributed by atoms with Crippen LogP contribution in [0.4, 0.5) is 5.69 Å². The first-order valence-electron chi connectivity index (χ1n) is 5.71. The summed E-state index contributed by atoms with van der Waals surface area (Å²) in [6.45, 7) is 3.65. The van der Waals surface area contributed by atoms with E-state index in [0.717, 1.165) is 11.3 Å². The van der Waals surface area contributed by atoms with E-state index >= 15 is 0 Å². The highest BCUT2D eigenvalue weighted by Gasteiger charge is 2.13. The zero-order chi connectivity index (χ0) is 13.8. The van der Waals surface area contributed by atoms with Gasteiger partial charge in [0.1, 0.15) is 12.0 Å². The Morgan fingerprint density at radius 2 is 2.00 bits per heavy atom. The van der Waals surface area contributed by atoms with E-state index in [-0.39, 0.29) is 5.91 Å². The number of pyridine rings is 1. The zero-order valence-corrected chi connectivity index (χ0v) is 11.0. The molecule has 0 unspecified atom stereocenters. The molecule has 6 heteroatoms. The first-order valence-corrected chi connectivity index (χ1v) is 5.71. The van der Waals surface area contributed by atoms with Crippen LogP contribution in [-0.4, -0.2) is 28.0 Å². The van der Waals surface area contributed by atoms with Crippen molar-refractivity contribution in [3.63, 3.8) is 0 Å². The number of hydrogen-bond donors (Lipinski definition) is 1. The van der Waals surface area contributed by atoms with Gasteiger partial charge in [-0.1, -0.05) is 0 Å². The standard InChI is InChI=1S/C13H14N4O2/c1-8-9(2)15-7-16-12(8)13(18)17-10-4-5-11(19-3)14-6-10/h4-7H,1-3H3,(H,17,18). The van der Waals surface area contributed by atoms with Crippen molar-refractivity contribution in [2.45, 2.75) is 13.8 Å². The summed E-state index contributed by atoms with van der Waals surface area (Å²) in [7, 11) is 1.54. The van der Waals surface area contributed by atoms with Crippen LogP contribution in [0.5, 0.6) is 5.88 Å². The Bertz CT molecular complexity index is 596. The van der Waals surface area contributed by atoms with Gasteiger partial charge >= 0.3 is 0 Å². The van der Waals surface area contributed by atoms with Crippen molar-refractivity contribution in [1.82, 2.24) is 15.0 Å². The second kappa shape index (κ2) is 5.43. The quantitative estimate of drug-likeness (QED) is 0.907. The number of nitrogens with zero attached hydrogens (tertiary/aromatic N) is 3. The van der Waals surface area contributed by atoms with Crippen LogP contribution >= 0.6 is 0 Å². The molecule has 2 aromatic rings. The first kappa shape index (κ1) is 12.9. The Balaban J connectivity index is 2.18. The topological polar surface area (TPSA) is 77.0 Å². The number of carbonyl (C=O) groups is 1. The number of ether oxygens (including phenoxy) is 1. The van der Waals surface area contributed by atoms with Gasteiger partial charge in [0.05, 0.1) is 19.0 Å². The molecule has 0 aliphatic carbocycles. The molecule has 19 heavy (non-hydrogen) atoms. The van der Waals surface area contributed by atoms with Crippen LogP contribution in [0.15, 0.2) is 24.7 Å². The van der Waals surface area contributed by atoms with Gasteiger partial charge in [-0.15, -0.1) is 0 Å². The van der Waals surface area contributed by atoms with Crippen molar-refractivity contribution in [3.05, 3.63) is 41.6 Å². The maximum absolute atomic E-state index is 12.1. The number of methoxy groups -OCH3 is 1. The van der Waals surface area contributed by atoms with Crippen LogP contribution in [0, 0.1) is 13.8 Å². The van der Waals surface area contributed by atoms with Crippen molar-refractivity contribution >= 4 is 11.6 Å². The maximum atomic E-state index is 12.1. The Morgan fingerprint density at radius 3 is 2.63 bits per heavy atom. The van der Waals surface area contributed by atoms with Crippen molar-refractivity contribution < 1.29 is 9.53 Å². The molecule has 1 N–H and O–H groups in total. The Hall–Kier alpha value is -2.50. The summed E-state index contributed by atoms with van der Waals surface area (Å²) in [5, 5.41) is 2.73. The lowest BCUT2D eigenvalue weighted by Gasteiger charge is -2.08. The van der Waals surface area contributed by atoms with Crippen LogP contribution in [0.1, 0.15) is 21.7 Å². The third-order valence-corrected chi connectivity index (χ3v) is 2.75. The molecule has 0 aliphatic rings. The summed E-state index contributed by atoms with van der Waals surface area (Å²) in [6, 6.07) is 3.39. The van der Waals surface area contributed by atoms with Crippen molar-refractivity contribution in [1.29, 1.82) is 0 Å². The molecule has 2 aromatic heterocycles. The van der Waals surface area contributed by atoms with Gasteiger partial charge in [-0.2, -0.15) is 0 Å². The van der Waals surface area contributed by atoms with Crippen molar-refractivity contribution in [2.24, 2.45) is 0 Å². The van der Waals surface area contributed by atoms with Crippen LogP contribution in [-0.2, 0) is 0 Å². The normalized spacial score (nSPS) is 10.1. The average molecular weight is 258 g/mol. The number of anilines is 1. The van der Waals surface area contributed by atoms with Crippen molar-refractivity contribution in [3.8, 4) is 5.88 Å². The largest absolute Gasteiger partial charge is 0.481 e. The summed E-state index contributed by atoms with van der Waals surface area (Å²) in [6.07, 6.45) is 2.91. The summed E-state index contributed by atoms with van der Waals surface area (Å²) in [4.78, 5) is 24.1. The Labute approximate surface area is 110 Å². The van der Waals surface area contributed by atoms with E-state index in [1.807, 2.05) is 13.8 Å². The minimum absolute atomic E-state index is 0.282. The summed E-state index contributed by atoms with van der Waals surface area (Å²) in [5.74, 6) is 0.210. The number of rotatable bonds is 3. The van der Waals surface area contributed by atoms with E-state index in [4.69, 9.17) is 4.74 Å². The summed E-state index contributed by atoms with van der Waals surface area (Å²) in [5.41, 5.74) is 2.50. The van der Waals surface area contributed by atoms with Gasteiger partial charge in [-0.05, 0) is 19.9 Å². The second-order valence-electron chi connectivity index (χ2n) is 3.98. The molecular weight excluding hydrogens is 244 g/mol. The Morgan fingerprint density at radius 1 is 1.21 bits per heavy atom. The molecule has 0 fully saturated rings. The molecule has 2 heterocycles. The molecule has 0 aromatic carbocycles. The van der Waals surface area contributed by atoms with Gasteiger partial charge in [-0.25, -0.2) is 15.0 Å². The summed E-state index contributed by atoms with van der Waals surface area (Å²) >= 11 is 0. The minimum Gasteiger partial charge on any atom is -0.481 e. The van der Waals surface area contributed by atoms with Gasteiger partial charge in [0.25, 0.3) is 5.91 Å². The average Bonchev–Trinajstić information content (AvgIpc) is 2.42. The zero-order valence-electron chi connectivity index (χ0n) is 11.0. The molecule has 0 saturated heterocycles. The monoisotopic (exact) mass is 258 g/mol. The third-order valence-electron chi connectivity index (χ3n) is 2.75. The number of nitrogens with one attached hydrogen (secondary N) is 1. The van der Waals surface area contributed by atoms with Crippen LogP contribution in [0.3, 0.4) is 0 Å². The fraction of sp³-hybridized carbons (Fsp3) is 0.231. The van der Waals surface area contributed by atoms with E-state index < -0.39 is 0 Å². The van der Waals surface area contributed by atoms with Crippen LogP contribution in [0.25, 0.3) is 0 Å².